The molecule has 1 aliphatic heterocycles. The third-order valence-electron chi connectivity index (χ3n) is 8.04. The van der Waals surface area contributed by atoms with E-state index in [2.05, 4.69) is 29.5 Å². The van der Waals surface area contributed by atoms with Crippen LogP contribution in [0.1, 0.15) is 71.8 Å². The van der Waals surface area contributed by atoms with Gasteiger partial charge in [-0.15, -0.1) is 5.10 Å². The Balaban J connectivity index is 1.36. The molecule has 1 aromatic heterocycles. The largest absolute Gasteiger partial charge is 0.462 e. The van der Waals surface area contributed by atoms with Crippen molar-refractivity contribution in [3.63, 3.8) is 0 Å². The van der Waals surface area contributed by atoms with E-state index in [0.29, 0.717) is 74.2 Å². The number of benzene rings is 2. The van der Waals surface area contributed by atoms with Crippen LogP contribution >= 0.6 is 0 Å². The van der Waals surface area contributed by atoms with Gasteiger partial charge in [-0.05, 0) is 44.2 Å². The van der Waals surface area contributed by atoms with E-state index in [1.54, 1.807) is 4.90 Å². The van der Waals surface area contributed by atoms with Gasteiger partial charge in [-0.25, -0.2) is 4.68 Å². The first-order valence-corrected chi connectivity index (χ1v) is 17.2. The molecule has 0 radical (unpaired) electrons. The fourth-order valence-electron chi connectivity index (χ4n) is 5.46. The summed E-state index contributed by atoms with van der Waals surface area (Å²) in [5.41, 5.74) is 4.17. The summed E-state index contributed by atoms with van der Waals surface area (Å²) < 4.78 is 17.9. The van der Waals surface area contributed by atoms with Crippen molar-refractivity contribution in [2.45, 2.75) is 85.4 Å². The highest BCUT2D eigenvalue weighted by molar-refractivity contribution is 6.01. The molecule has 12 heteroatoms. The van der Waals surface area contributed by atoms with Crippen molar-refractivity contribution in [2.75, 3.05) is 37.9 Å². The van der Waals surface area contributed by atoms with Gasteiger partial charge in [0, 0.05) is 50.0 Å². The minimum absolute atomic E-state index is 0.0171. The van der Waals surface area contributed by atoms with Crippen LogP contribution in [-0.4, -0.2) is 77.6 Å². The topological polar surface area (TPSA) is 142 Å². The number of carbonyl (C=O) groups excluding carboxylic acids is 4. The maximum absolute atomic E-state index is 13.7. The van der Waals surface area contributed by atoms with Gasteiger partial charge < -0.3 is 24.4 Å². The van der Waals surface area contributed by atoms with Crippen LogP contribution in [0.25, 0.3) is 22.5 Å². The minimum atomic E-state index is -0.459. The highest BCUT2D eigenvalue weighted by Crippen LogP contribution is 2.41. The molecule has 0 saturated carbocycles. The Morgan fingerprint density at radius 3 is 2.39 bits per heavy atom. The molecule has 2 amide bonds. The summed E-state index contributed by atoms with van der Waals surface area (Å²) in [7, 11) is 0. The first-order chi connectivity index (χ1) is 23.6. The lowest BCUT2D eigenvalue weighted by Crippen LogP contribution is -2.33. The molecule has 2 heterocycles. The summed E-state index contributed by atoms with van der Waals surface area (Å²) in [6.45, 7) is 9.85. The fourth-order valence-corrected chi connectivity index (χ4v) is 5.46. The fraction of sp³-hybridized carbons (Fsp3) is 0.514. The van der Waals surface area contributed by atoms with Crippen molar-refractivity contribution in [1.82, 2.24) is 20.3 Å². The van der Waals surface area contributed by atoms with E-state index < -0.39 is 5.97 Å². The van der Waals surface area contributed by atoms with Crippen molar-refractivity contribution < 1.29 is 33.4 Å². The molecule has 49 heavy (non-hydrogen) atoms. The molecule has 1 N–H and O–H groups in total. The van der Waals surface area contributed by atoms with Gasteiger partial charge in [0.05, 0.1) is 37.2 Å². The molecule has 1 aliphatic rings. The lowest BCUT2D eigenvalue weighted by molar-refractivity contribution is -0.146. The number of amides is 2. The molecule has 3 aromatic rings. The van der Waals surface area contributed by atoms with Crippen molar-refractivity contribution in [1.29, 1.82) is 0 Å². The molecular weight excluding hydrogens is 626 g/mol. The third kappa shape index (κ3) is 11.3. The Labute approximate surface area is 288 Å². The summed E-state index contributed by atoms with van der Waals surface area (Å²) in [4.78, 5) is 52.7. The molecule has 0 bridgehead atoms. The molecule has 2 aromatic carbocycles. The number of rotatable bonds is 19. The van der Waals surface area contributed by atoms with Gasteiger partial charge in [0.1, 0.15) is 24.6 Å². The van der Waals surface area contributed by atoms with Crippen molar-refractivity contribution in [2.24, 2.45) is 5.92 Å². The summed E-state index contributed by atoms with van der Waals surface area (Å²) in [5, 5.41) is 11.7. The Hall–Kier alpha value is -4.42. The SMILES string of the molecule is CC(C)CCC(=O)CCOCCCNC(=O)CCC(=O)N1Cc2ccccc2-c2c(nnn2CC(=O)OCCOC(C)C)-c2ccccc21. The predicted octanol–water partition coefficient (Wildman–Crippen LogP) is 5.13. The Kier molecular flexibility index (Phi) is 14.5. The van der Waals surface area contributed by atoms with Crippen LogP contribution in [0.4, 0.5) is 5.69 Å². The molecule has 12 nitrogen and oxygen atoms in total. The molecule has 0 spiro atoms. The molecule has 0 unspecified atom stereocenters. The van der Waals surface area contributed by atoms with E-state index >= 15 is 0 Å². The van der Waals surface area contributed by atoms with E-state index in [4.69, 9.17) is 14.2 Å². The standard InChI is InChI=1S/C37H49N5O7/c1-26(2)14-15-29(43)18-21-47-20-9-19-38-33(44)16-17-34(45)41-24-28-10-5-6-11-30(28)37-36(31-12-7-8-13-32(31)41)39-40-42(37)25-35(46)49-23-22-48-27(3)4/h5-8,10-13,26-27H,9,14-25H2,1-4H3,(H,38,44). The second-order valence-corrected chi connectivity index (χ2v) is 12.8. The lowest BCUT2D eigenvalue weighted by Gasteiger charge is -2.28. The van der Waals surface area contributed by atoms with Crippen LogP contribution in [0.3, 0.4) is 0 Å². The monoisotopic (exact) mass is 675 g/mol. The van der Waals surface area contributed by atoms with Crippen LogP contribution < -0.4 is 10.2 Å². The van der Waals surface area contributed by atoms with Gasteiger partial charge in [0.15, 0.2) is 0 Å². The van der Waals surface area contributed by atoms with Gasteiger partial charge in [0.25, 0.3) is 0 Å². The van der Waals surface area contributed by atoms with Gasteiger partial charge in [-0.2, -0.15) is 0 Å². The van der Waals surface area contributed by atoms with Crippen LogP contribution in [0, 0.1) is 5.92 Å². The number of para-hydroxylation sites is 1. The van der Waals surface area contributed by atoms with E-state index in [1.807, 2.05) is 62.4 Å². The molecule has 0 aliphatic carbocycles. The molecular formula is C37H49N5O7. The van der Waals surface area contributed by atoms with Crippen molar-refractivity contribution >= 4 is 29.3 Å². The minimum Gasteiger partial charge on any atom is -0.462 e. The molecule has 0 fully saturated rings. The van der Waals surface area contributed by atoms with E-state index in [-0.39, 0.29) is 56.2 Å². The second-order valence-electron chi connectivity index (χ2n) is 12.8. The number of esters is 1. The zero-order valence-corrected chi connectivity index (χ0v) is 29.1. The van der Waals surface area contributed by atoms with Crippen LogP contribution in [0.15, 0.2) is 48.5 Å². The van der Waals surface area contributed by atoms with Crippen LogP contribution in [0.5, 0.6) is 0 Å². The lowest BCUT2D eigenvalue weighted by atomic mass is 9.95. The number of ether oxygens (including phenoxy) is 3. The average Bonchev–Trinajstić information content (AvgIpc) is 3.48. The smallest absolute Gasteiger partial charge is 0.327 e. The summed E-state index contributed by atoms with van der Waals surface area (Å²) in [6.07, 6.45) is 2.60. The Bertz CT molecular complexity index is 1570. The molecule has 0 saturated heterocycles. The summed E-state index contributed by atoms with van der Waals surface area (Å²) in [6, 6.07) is 15.1. The molecule has 4 rings (SSSR count). The molecule has 0 atom stereocenters. The molecule has 264 valence electrons. The third-order valence-corrected chi connectivity index (χ3v) is 8.04. The number of anilines is 1. The number of ketones is 1. The normalized spacial score (nSPS) is 12.2. The van der Waals surface area contributed by atoms with E-state index in [1.165, 1.54) is 4.68 Å². The number of hydrogen-bond acceptors (Lipinski definition) is 9. The second kappa shape index (κ2) is 18.9. The average molecular weight is 676 g/mol. The highest BCUT2D eigenvalue weighted by atomic mass is 16.6. The van der Waals surface area contributed by atoms with E-state index in [0.717, 1.165) is 17.5 Å². The Morgan fingerprint density at radius 1 is 0.857 bits per heavy atom. The Morgan fingerprint density at radius 2 is 1.61 bits per heavy atom. The zero-order chi connectivity index (χ0) is 35.2. The number of fused-ring (bicyclic) bond motifs is 5. The number of hydrogen-bond donors (Lipinski definition) is 1. The van der Waals surface area contributed by atoms with Crippen LogP contribution in [0.2, 0.25) is 0 Å². The van der Waals surface area contributed by atoms with E-state index in [9.17, 15) is 19.2 Å². The number of aromatic nitrogens is 3. The summed E-state index contributed by atoms with van der Waals surface area (Å²) >= 11 is 0. The van der Waals surface area contributed by atoms with Gasteiger partial charge in [-0.1, -0.05) is 61.5 Å². The maximum atomic E-state index is 13.7. The van der Waals surface area contributed by atoms with Gasteiger partial charge in [0.2, 0.25) is 11.8 Å². The van der Waals surface area contributed by atoms with Crippen LogP contribution in [-0.2, 0) is 46.5 Å². The quantitative estimate of drug-likeness (QED) is 0.135. The first kappa shape index (κ1) is 37.4. The van der Waals surface area contributed by atoms with Gasteiger partial charge >= 0.3 is 5.97 Å². The first-order valence-electron chi connectivity index (χ1n) is 17.2. The van der Waals surface area contributed by atoms with Gasteiger partial charge in [-0.3, -0.25) is 19.2 Å². The maximum Gasteiger partial charge on any atom is 0.327 e. The number of nitrogens with one attached hydrogen (secondary N) is 1. The van der Waals surface area contributed by atoms with Crippen molar-refractivity contribution in [3.8, 4) is 22.5 Å². The number of carbonyl (C=O) groups is 4. The predicted molar refractivity (Wildman–Crippen MR) is 186 cm³/mol. The zero-order valence-electron chi connectivity index (χ0n) is 29.1. The number of Topliss-reactive ketones (excluding diaryl/α,β-unsaturated/α-hetero) is 1. The summed E-state index contributed by atoms with van der Waals surface area (Å²) in [5.74, 6) is -0.158. The highest BCUT2D eigenvalue weighted by Gasteiger charge is 2.29. The van der Waals surface area contributed by atoms with Crippen molar-refractivity contribution in [3.05, 3.63) is 54.1 Å². The number of nitrogens with zero attached hydrogens (tertiary/aromatic N) is 4.